The minimum absolute atomic E-state index is 0.0372. The van der Waals surface area contributed by atoms with Crippen LogP contribution in [0.15, 0.2) is 58.1 Å². The van der Waals surface area contributed by atoms with E-state index < -0.39 is 0 Å². The third-order valence-corrected chi connectivity index (χ3v) is 5.93. The van der Waals surface area contributed by atoms with Gasteiger partial charge in [0.1, 0.15) is 28.9 Å². The molecule has 0 aliphatic heterocycles. The molecule has 0 saturated heterocycles. The van der Waals surface area contributed by atoms with E-state index in [0.29, 0.717) is 28.0 Å². The molecule has 0 bridgehead atoms. The summed E-state index contributed by atoms with van der Waals surface area (Å²) < 4.78 is 18.0. The summed E-state index contributed by atoms with van der Waals surface area (Å²) in [6.07, 6.45) is 0. The zero-order valence-electron chi connectivity index (χ0n) is 18.6. The van der Waals surface area contributed by atoms with E-state index >= 15 is 0 Å². The number of aromatic nitrogens is 4. The Labute approximate surface area is 199 Å². The number of nitrogens with one attached hydrogen (secondary N) is 1. The zero-order valence-corrected chi connectivity index (χ0v) is 19.4. The summed E-state index contributed by atoms with van der Waals surface area (Å²) in [6.45, 7) is 0. The molecule has 1 amide bonds. The lowest BCUT2D eigenvalue weighted by Gasteiger charge is -2.06. The maximum atomic E-state index is 12.6. The van der Waals surface area contributed by atoms with Gasteiger partial charge in [0.05, 0.1) is 20.0 Å². The van der Waals surface area contributed by atoms with Crippen molar-refractivity contribution in [3.8, 4) is 40.0 Å². The van der Waals surface area contributed by atoms with Crippen LogP contribution in [-0.4, -0.2) is 46.1 Å². The summed E-state index contributed by atoms with van der Waals surface area (Å²) >= 11 is 1.17. The van der Waals surface area contributed by atoms with Crippen molar-refractivity contribution in [1.82, 2.24) is 20.2 Å². The first-order valence-corrected chi connectivity index (χ1v) is 11.0. The fourth-order valence-electron chi connectivity index (χ4n) is 3.24. The minimum Gasteiger partial charge on any atom is -0.497 e. The first kappa shape index (κ1) is 22.9. The van der Waals surface area contributed by atoms with E-state index in [4.69, 9.17) is 13.9 Å². The molecule has 2 aromatic heterocycles. The molecule has 0 aliphatic rings. The van der Waals surface area contributed by atoms with E-state index in [9.17, 15) is 10.1 Å². The van der Waals surface area contributed by atoms with Crippen LogP contribution in [0.2, 0.25) is 0 Å². The average Bonchev–Trinajstić information content (AvgIpc) is 3.45. The number of carbonyl (C=O) groups is 1. The highest BCUT2D eigenvalue weighted by Crippen LogP contribution is 2.42. The Kier molecular flexibility index (Phi) is 6.79. The number of methoxy groups -OCH3 is 2. The Morgan fingerprint density at radius 1 is 1.09 bits per heavy atom. The van der Waals surface area contributed by atoms with Gasteiger partial charge in [0, 0.05) is 18.2 Å². The molecule has 0 atom stereocenters. The predicted octanol–water partition coefficient (Wildman–Crippen LogP) is 3.76. The number of ether oxygens (including phenoxy) is 2. The van der Waals surface area contributed by atoms with Gasteiger partial charge in [0.25, 0.3) is 0 Å². The number of thioether (sulfide) groups is 1. The number of hydrogen-bond donors (Lipinski definition) is 1. The number of carbonyl (C=O) groups excluding carboxylic acids is 1. The highest BCUT2D eigenvalue weighted by molar-refractivity contribution is 7.99. The third-order valence-electron chi connectivity index (χ3n) is 4.92. The molecule has 4 aromatic rings. The number of furan rings is 1. The number of aryl methyl sites for hydroxylation is 1. The van der Waals surface area contributed by atoms with Crippen LogP contribution < -0.4 is 14.8 Å². The van der Waals surface area contributed by atoms with E-state index in [2.05, 4.69) is 26.9 Å². The van der Waals surface area contributed by atoms with Gasteiger partial charge >= 0.3 is 0 Å². The second-order valence-electron chi connectivity index (χ2n) is 7.00. The normalized spacial score (nSPS) is 10.5. The van der Waals surface area contributed by atoms with Gasteiger partial charge in [-0.1, -0.05) is 23.9 Å². The smallest absolute Gasteiger partial charge is 0.237 e. The van der Waals surface area contributed by atoms with Gasteiger partial charge in [0.15, 0.2) is 0 Å². The minimum atomic E-state index is -0.360. The molecule has 10 nitrogen and oxygen atoms in total. The van der Waals surface area contributed by atoms with Crippen molar-refractivity contribution in [2.24, 2.45) is 7.05 Å². The van der Waals surface area contributed by atoms with Gasteiger partial charge in [-0.2, -0.15) is 5.26 Å². The molecule has 0 spiro atoms. The summed E-state index contributed by atoms with van der Waals surface area (Å²) in [5.74, 6) is 1.56. The molecule has 1 N–H and O–H groups in total. The summed E-state index contributed by atoms with van der Waals surface area (Å²) in [7, 11) is 4.85. The lowest BCUT2D eigenvalue weighted by atomic mass is 9.98. The maximum absolute atomic E-state index is 12.6. The van der Waals surface area contributed by atoms with Gasteiger partial charge in [-0.15, -0.1) is 5.10 Å². The summed E-state index contributed by atoms with van der Waals surface area (Å²) in [5.41, 5.74) is 2.25. The van der Waals surface area contributed by atoms with Gasteiger partial charge < -0.3 is 13.9 Å². The van der Waals surface area contributed by atoms with Crippen molar-refractivity contribution >= 4 is 23.6 Å². The van der Waals surface area contributed by atoms with E-state index in [1.54, 1.807) is 45.5 Å². The SMILES string of the molecule is COc1ccc(-c2oc(NC(=O)CSc3nnnn3C)c(C#N)c2-c2ccc(OC)cc2)cc1. The summed E-state index contributed by atoms with van der Waals surface area (Å²) in [4.78, 5) is 12.6. The highest BCUT2D eigenvalue weighted by atomic mass is 32.2. The largest absolute Gasteiger partial charge is 0.497 e. The molecule has 0 radical (unpaired) electrons. The quantitative estimate of drug-likeness (QED) is 0.378. The highest BCUT2D eigenvalue weighted by Gasteiger charge is 2.24. The van der Waals surface area contributed by atoms with Gasteiger partial charge in [-0.05, 0) is 52.4 Å². The number of tetrazole rings is 1. The number of benzene rings is 2. The fourth-order valence-corrected chi connectivity index (χ4v) is 3.89. The van der Waals surface area contributed by atoms with Crippen molar-refractivity contribution < 1.29 is 18.7 Å². The Balaban J connectivity index is 1.71. The van der Waals surface area contributed by atoms with Gasteiger partial charge in [-0.25, -0.2) is 4.68 Å². The zero-order chi connectivity index (χ0) is 24.1. The lowest BCUT2D eigenvalue weighted by Crippen LogP contribution is -2.14. The topological polar surface area (TPSA) is 128 Å². The van der Waals surface area contributed by atoms with Crippen LogP contribution in [0.5, 0.6) is 11.5 Å². The van der Waals surface area contributed by atoms with Gasteiger partial charge in [0.2, 0.25) is 16.9 Å². The predicted molar refractivity (Wildman–Crippen MR) is 126 cm³/mol. The summed E-state index contributed by atoms with van der Waals surface area (Å²) in [6, 6.07) is 16.7. The van der Waals surface area contributed by atoms with Crippen molar-refractivity contribution in [2.45, 2.75) is 5.16 Å². The fraction of sp³-hybridized carbons (Fsp3) is 0.174. The second-order valence-corrected chi connectivity index (χ2v) is 7.94. The van der Waals surface area contributed by atoms with Crippen molar-refractivity contribution in [3.63, 3.8) is 0 Å². The maximum Gasteiger partial charge on any atom is 0.237 e. The molecule has 2 heterocycles. The molecule has 172 valence electrons. The molecule has 0 unspecified atom stereocenters. The van der Waals surface area contributed by atoms with Crippen LogP contribution >= 0.6 is 11.8 Å². The Morgan fingerprint density at radius 2 is 1.71 bits per heavy atom. The molecule has 0 saturated carbocycles. The van der Waals surface area contributed by atoms with E-state index in [1.807, 2.05) is 24.3 Å². The number of rotatable bonds is 8. The Bertz CT molecular complexity index is 1340. The van der Waals surface area contributed by atoms with Crippen LogP contribution in [0.25, 0.3) is 22.5 Å². The van der Waals surface area contributed by atoms with E-state index in [1.165, 1.54) is 16.4 Å². The number of anilines is 1. The van der Waals surface area contributed by atoms with Crippen molar-refractivity contribution in [2.75, 3.05) is 25.3 Å². The van der Waals surface area contributed by atoms with Crippen molar-refractivity contribution in [3.05, 3.63) is 54.1 Å². The molecule has 34 heavy (non-hydrogen) atoms. The number of nitrogens with zero attached hydrogens (tertiary/aromatic N) is 5. The van der Waals surface area contributed by atoms with Crippen molar-refractivity contribution in [1.29, 1.82) is 5.26 Å². The van der Waals surface area contributed by atoms with Crippen LogP contribution in [0.3, 0.4) is 0 Å². The van der Waals surface area contributed by atoms with Crippen LogP contribution in [0.4, 0.5) is 5.88 Å². The van der Waals surface area contributed by atoms with Crippen LogP contribution in [0, 0.1) is 11.3 Å². The lowest BCUT2D eigenvalue weighted by molar-refractivity contribution is -0.113. The van der Waals surface area contributed by atoms with Crippen LogP contribution in [0.1, 0.15) is 5.56 Å². The monoisotopic (exact) mass is 476 g/mol. The number of amides is 1. The molecule has 4 rings (SSSR count). The summed E-state index contributed by atoms with van der Waals surface area (Å²) in [5, 5.41) is 24.3. The van der Waals surface area contributed by atoms with E-state index in [-0.39, 0.29) is 23.1 Å². The molecule has 2 aromatic carbocycles. The number of nitriles is 1. The number of hydrogen-bond acceptors (Lipinski definition) is 9. The first-order valence-electron chi connectivity index (χ1n) is 10.0. The second kappa shape index (κ2) is 10.1. The van der Waals surface area contributed by atoms with Gasteiger partial charge in [-0.3, -0.25) is 10.1 Å². The Morgan fingerprint density at radius 3 is 2.24 bits per heavy atom. The van der Waals surface area contributed by atoms with Crippen LogP contribution in [-0.2, 0) is 11.8 Å². The standard InChI is InChI=1S/C23H20N6O4S/c1-29-23(26-27-28-29)34-13-19(30)25-22-18(12-24)20(14-4-8-16(31-2)9-5-14)21(33-22)15-6-10-17(32-3)11-7-15/h4-11H,13H2,1-3H3,(H,25,30). The molecular formula is C23H20N6O4S. The molecule has 0 aliphatic carbocycles. The average molecular weight is 477 g/mol. The third kappa shape index (κ3) is 4.72. The molecule has 11 heteroatoms. The molecule has 0 fully saturated rings. The molecular weight excluding hydrogens is 456 g/mol. The van der Waals surface area contributed by atoms with E-state index in [0.717, 1.165) is 11.1 Å². The Hall–Kier alpha value is -4.30. The first-order chi connectivity index (χ1) is 16.5.